The van der Waals surface area contributed by atoms with Crippen LogP contribution in [0.4, 0.5) is 5.69 Å². The van der Waals surface area contributed by atoms with E-state index in [1.165, 1.54) is 4.90 Å². The van der Waals surface area contributed by atoms with Crippen LogP contribution in [0.25, 0.3) is 4.85 Å². The van der Waals surface area contributed by atoms with Crippen molar-refractivity contribution >= 4 is 29.1 Å². The Balaban J connectivity index is 2.22. The molecule has 0 fully saturated rings. The summed E-state index contributed by atoms with van der Waals surface area (Å²) in [7, 11) is 0. The van der Waals surface area contributed by atoms with Crippen molar-refractivity contribution in [1.82, 2.24) is 0 Å². The average molecular weight is 391 g/mol. The molecule has 6 nitrogen and oxygen atoms in total. The predicted octanol–water partition coefficient (Wildman–Crippen LogP) is 3.59. The standard InChI is InChI=1S/C21H15ClN4O2/c1-12-19(25-2)17(14-8-6-13(11-23)7-9-14)18(20(24)27)21(28)26(12)16-5-3-4-15(22)10-16/h3-10,17-18H,1H3,(H2,24,27). The molecule has 2 atom stereocenters. The van der Waals surface area contributed by atoms with Gasteiger partial charge in [0.2, 0.25) is 11.8 Å². The maximum absolute atomic E-state index is 13.3. The van der Waals surface area contributed by atoms with Gasteiger partial charge in [0.25, 0.3) is 0 Å². The molecule has 1 heterocycles. The van der Waals surface area contributed by atoms with Gasteiger partial charge in [-0.1, -0.05) is 29.8 Å². The fraction of sp³-hybridized carbons (Fsp3) is 0.143. The molecule has 0 aromatic heterocycles. The third-order valence-electron chi connectivity index (χ3n) is 4.71. The molecule has 0 radical (unpaired) electrons. The number of nitrogens with zero attached hydrogens (tertiary/aromatic N) is 3. The third-order valence-corrected chi connectivity index (χ3v) is 4.95. The molecular formula is C21H15ClN4O2. The molecule has 3 rings (SSSR count). The van der Waals surface area contributed by atoms with E-state index in [0.717, 1.165) is 0 Å². The molecule has 0 saturated heterocycles. The monoisotopic (exact) mass is 390 g/mol. The first kappa shape index (κ1) is 19.2. The maximum atomic E-state index is 13.3. The second kappa shape index (κ2) is 7.56. The molecule has 0 saturated carbocycles. The number of rotatable bonds is 3. The van der Waals surface area contributed by atoms with Crippen molar-refractivity contribution < 1.29 is 9.59 Å². The molecule has 2 aromatic rings. The van der Waals surface area contributed by atoms with E-state index in [-0.39, 0.29) is 5.70 Å². The van der Waals surface area contributed by atoms with Gasteiger partial charge in [-0.2, -0.15) is 5.26 Å². The second-order valence-corrected chi connectivity index (χ2v) is 6.76. The molecule has 0 aliphatic carbocycles. The molecule has 28 heavy (non-hydrogen) atoms. The summed E-state index contributed by atoms with van der Waals surface area (Å²) in [6.45, 7) is 9.33. The Morgan fingerprint density at radius 2 is 1.96 bits per heavy atom. The van der Waals surface area contributed by atoms with Gasteiger partial charge in [0.1, 0.15) is 5.92 Å². The van der Waals surface area contributed by atoms with Crippen LogP contribution in [0.1, 0.15) is 24.0 Å². The number of nitriles is 1. The minimum atomic E-state index is -1.25. The van der Waals surface area contributed by atoms with Gasteiger partial charge in [-0.15, -0.1) is 0 Å². The Kier molecular flexibility index (Phi) is 5.17. The summed E-state index contributed by atoms with van der Waals surface area (Å²) in [5, 5.41) is 9.41. The SMILES string of the molecule is [C-]#[N+]C1=C(C)N(c2cccc(Cl)c2)C(=O)C(C(N)=O)C1c1ccc(C#N)cc1. The zero-order valence-corrected chi connectivity index (χ0v) is 15.6. The normalized spacial score (nSPS) is 19.1. The zero-order chi connectivity index (χ0) is 20.4. The van der Waals surface area contributed by atoms with Gasteiger partial charge in [-0.3, -0.25) is 14.5 Å². The van der Waals surface area contributed by atoms with Gasteiger partial charge >= 0.3 is 0 Å². The number of benzene rings is 2. The van der Waals surface area contributed by atoms with Crippen LogP contribution in [0.5, 0.6) is 0 Å². The molecule has 2 unspecified atom stereocenters. The molecule has 2 amide bonds. The summed E-state index contributed by atoms with van der Waals surface area (Å²) in [6.07, 6.45) is 0. The predicted molar refractivity (Wildman–Crippen MR) is 105 cm³/mol. The average Bonchev–Trinajstić information content (AvgIpc) is 2.67. The van der Waals surface area contributed by atoms with Crippen molar-refractivity contribution in [3.8, 4) is 6.07 Å². The third kappa shape index (κ3) is 3.22. The van der Waals surface area contributed by atoms with E-state index >= 15 is 0 Å². The van der Waals surface area contributed by atoms with E-state index in [9.17, 15) is 9.59 Å². The highest BCUT2D eigenvalue weighted by molar-refractivity contribution is 6.31. The van der Waals surface area contributed by atoms with Crippen LogP contribution in [0.15, 0.2) is 59.9 Å². The van der Waals surface area contributed by atoms with Gasteiger partial charge in [-0.05, 0) is 42.8 Å². The Morgan fingerprint density at radius 1 is 1.29 bits per heavy atom. The van der Waals surface area contributed by atoms with Crippen LogP contribution in [-0.2, 0) is 9.59 Å². The summed E-state index contributed by atoms with van der Waals surface area (Å²) in [5.41, 5.74) is 7.71. The molecule has 0 bridgehead atoms. The maximum Gasteiger partial charge on any atom is 0.242 e. The van der Waals surface area contributed by atoms with Crippen LogP contribution in [0.2, 0.25) is 5.02 Å². The lowest BCUT2D eigenvalue weighted by atomic mass is 9.78. The fourth-order valence-corrected chi connectivity index (χ4v) is 3.62. The van der Waals surface area contributed by atoms with Crippen LogP contribution < -0.4 is 10.6 Å². The smallest absolute Gasteiger partial charge is 0.242 e. The molecule has 0 spiro atoms. The molecular weight excluding hydrogens is 376 g/mol. The number of nitrogens with two attached hydrogens (primary N) is 1. The molecule has 1 aliphatic heterocycles. The highest BCUT2D eigenvalue weighted by Gasteiger charge is 2.45. The van der Waals surface area contributed by atoms with Crippen LogP contribution in [0.3, 0.4) is 0 Å². The van der Waals surface area contributed by atoms with E-state index in [4.69, 9.17) is 29.2 Å². The highest BCUT2D eigenvalue weighted by Crippen LogP contribution is 2.42. The van der Waals surface area contributed by atoms with Crippen molar-refractivity contribution in [2.45, 2.75) is 12.8 Å². The second-order valence-electron chi connectivity index (χ2n) is 6.33. The number of halogens is 1. The number of amides is 2. The van der Waals surface area contributed by atoms with Crippen LogP contribution in [0, 0.1) is 23.8 Å². The summed E-state index contributed by atoms with van der Waals surface area (Å²) in [4.78, 5) is 30.4. The first-order valence-electron chi connectivity index (χ1n) is 8.36. The summed E-state index contributed by atoms with van der Waals surface area (Å²) in [6, 6.07) is 15.1. The quantitative estimate of drug-likeness (QED) is 0.641. The van der Waals surface area contributed by atoms with E-state index in [1.807, 2.05) is 6.07 Å². The number of anilines is 1. The number of primary amides is 1. The molecule has 2 aromatic carbocycles. The number of hydrogen-bond donors (Lipinski definition) is 1. The summed E-state index contributed by atoms with van der Waals surface area (Å²) >= 11 is 6.05. The van der Waals surface area contributed by atoms with Gasteiger partial charge < -0.3 is 5.73 Å². The van der Waals surface area contributed by atoms with Crippen molar-refractivity contribution in [1.29, 1.82) is 5.26 Å². The van der Waals surface area contributed by atoms with Gasteiger partial charge in [-0.25, -0.2) is 4.85 Å². The molecule has 1 aliphatic rings. The van der Waals surface area contributed by atoms with Crippen molar-refractivity contribution in [3.05, 3.63) is 87.5 Å². The largest absolute Gasteiger partial charge is 0.369 e. The van der Waals surface area contributed by atoms with Crippen LogP contribution >= 0.6 is 11.6 Å². The zero-order valence-electron chi connectivity index (χ0n) is 14.9. The number of hydrogen-bond acceptors (Lipinski definition) is 3. The topological polar surface area (TPSA) is 91.5 Å². The van der Waals surface area contributed by atoms with E-state index < -0.39 is 23.7 Å². The lowest BCUT2D eigenvalue weighted by molar-refractivity contribution is -0.132. The van der Waals surface area contributed by atoms with E-state index in [1.54, 1.807) is 55.5 Å². The Hall–Kier alpha value is -3.61. The number of carbonyl (C=O) groups excluding carboxylic acids is 2. The van der Waals surface area contributed by atoms with Crippen LogP contribution in [-0.4, -0.2) is 11.8 Å². The lowest BCUT2D eigenvalue weighted by Crippen LogP contribution is -2.48. The van der Waals surface area contributed by atoms with Crippen molar-refractivity contribution in [3.63, 3.8) is 0 Å². The highest BCUT2D eigenvalue weighted by atomic mass is 35.5. The molecule has 2 N–H and O–H groups in total. The fourth-order valence-electron chi connectivity index (χ4n) is 3.43. The van der Waals surface area contributed by atoms with E-state index in [2.05, 4.69) is 4.85 Å². The molecule has 138 valence electrons. The van der Waals surface area contributed by atoms with E-state index in [0.29, 0.717) is 27.5 Å². The number of carbonyl (C=O) groups is 2. The number of allylic oxidation sites excluding steroid dienone is 2. The minimum Gasteiger partial charge on any atom is -0.369 e. The van der Waals surface area contributed by atoms with Crippen molar-refractivity contribution in [2.75, 3.05) is 4.90 Å². The first-order chi connectivity index (χ1) is 13.4. The lowest BCUT2D eigenvalue weighted by Gasteiger charge is -2.37. The first-order valence-corrected chi connectivity index (χ1v) is 8.74. The molecule has 7 heteroatoms. The van der Waals surface area contributed by atoms with Crippen molar-refractivity contribution in [2.24, 2.45) is 11.7 Å². The Bertz CT molecular complexity index is 1080. The summed E-state index contributed by atoms with van der Waals surface area (Å²) in [5.74, 6) is -3.40. The minimum absolute atomic E-state index is 0.244. The van der Waals surface area contributed by atoms with Gasteiger partial charge in [0.05, 0.1) is 18.2 Å². The Morgan fingerprint density at radius 3 is 2.50 bits per heavy atom. The summed E-state index contributed by atoms with van der Waals surface area (Å²) < 4.78 is 0. The van der Waals surface area contributed by atoms with Gasteiger partial charge in [0.15, 0.2) is 5.70 Å². The Labute approximate surface area is 167 Å². The van der Waals surface area contributed by atoms with Gasteiger partial charge in [0, 0.05) is 22.3 Å².